The van der Waals surface area contributed by atoms with Crippen molar-refractivity contribution < 1.29 is 82.5 Å². The number of primary amides is 1. The number of amides is 9. The van der Waals surface area contributed by atoms with E-state index in [1.54, 1.807) is 65.1 Å². The number of imide groups is 1. The number of nitrogens with two attached hydrogens (primary N) is 1. The lowest BCUT2D eigenvalue weighted by Gasteiger charge is -2.37. The zero-order chi connectivity index (χ0) is 66.5. The number of urea groups is 1. The lowest BCUT2D eigenvalue weighted by Crippen LogP contribution is -2.54. The number of rotatable bonds is 29. The van der Waals surface area contributed by atoms with Gasteiger partial charge in [-0.15, -0.1) is 0 Å². The number of unbranched alkanes of at least 4 members (excludes halogenated alkanes) is 2. The summed E-state index contributed by atoms with van der Waals surface area (Å²) >= 11 is 0. The van der Waals surface area contributed by atoms with E-state index >= 15 is 0 Å². The van der Waals surface area contributed by atoms with E-state index < -0.39 is 89.6 Å². The fraction of sp³-hybridized carbons (Fsp3) is 0.641. The molecule has 5 rings (SSSR count). The SMILES string of the molecule is CC[C@H](O)[C@@H](C)[C@H]1O[C@@H]1C[C@@](C)(O)/C=C/C=C(\C)[C@H]1OC(=O)C[C@H](O)CC[C@@](C)(O)[C@@H](OC(=O)N2CCN(CCN(C)C(=O)Oc3ccc(NC(=O)[C@H](CCCNC(N)=O)NC(=O)[C@@H](NC(=O)CCCCCN4C(=O)C=CC4=O)C(C)C)cc3)CC2)/C=C/[C@@H]1C. The Hall–Kier alpha value is -7.23. The third-order valence-electron chi connectivity index (χ3n) is 16.7. The Morgan fingerprint density at radius 2 is 1.62 bits per heavy atom. The van der Waals surface area contributed by atoms with Gasteiger partial charge in [-0.3, -0.25) is 38.6 Å². The largest absolute Gasteiger partial charge is 0.457 e. The number of allylic oxidation sites excluding steroid dienone is 2. The Morgan fingerprint density at radius 3 is 2.27 bits per heavy atom. The van der Waals surface area contributed by atoms with E-state index in [9.17, 15) is 63.6 Å². The molecule has 4 heterocycles. The summed E-state index contributed by atoms with van der Waals surface area (Å²) in [7, 11) is 1.58. The molecule has 0 aromatic heterocycles. The Morgan fingerprint density at radius 1 is 0.944 bits per heavy atom. The molecule has 26 heteroatoms. The minimum atomic E-state index is -1.63. The number of aliphatic hydroxyl groups excluding tert-OH is 2. The van der Waals surface area contributed by atoms with Gasteiger partial charge in [0, 0.05) is 102 Å². The maximum Gasteiger partial charge on any atom is 0.415 e. The minimum Gasteiger partial charge on any atom is -0.457 e. The summed E-state index contributed by atoms with van der Waals surface area (Å²) < 4.78 is 23.3. The molecule has 4 aliphatic rings. The third kappa shape index (κ3) is 23.9. The minimum absolute atomic E-state index is 0.00103. The van der Waals surface area contributed by atoms with E-state index in [0.717, 1.165) is 4.90 Å². The van der Waals surface area contributed by atoms with Gasteiger partial charge in [0.2, 0.25) is 17.7 Å². The summed E-state index contributed by atoms with van der Waals surface area (Å²) in [6.07, 6.45) is 8.16. The summed E-state index contributed by atoms with van der Waals surface area (Å²) in [6.45, 7) is 16.7. The third-order valence-corrected chi connectivity index (χ3v) is 16.7. The van der Waals surface area contributed by atoms with Crippen molar-refractivity contribution in [3.8, 4) is 5.75 Å². The number of likely N-dealkylation sites (N-methyl/N-ethyl adjacent to an activating group) is 1. The molecule has 500 valence electrons. The van der Waals surface area contributed by atoms with Crippen LogP contribution in [0.1, 0.15) is 126 Å². The molecule has 0 spiro atoms. The average molecular weight is 1260 g/mol. The van der Waals surface area contributed by atoms with Gasteiger partial charge >= 0.3 is 24.2 Å². The summed E-state index contributed by atoms with van der Waals surface area (Å²) in [5, 5.41) is 54.7. The first-order valence-electron chi connectivity index (χ1n) is 31.4. The molecule has 0 saturated carbocycles. The van der Waals surface area contributed by atoms with E-state index in [1.165, 1.54) is 53.1 Å². The fourth-order valence-corrected chi connectivity index (χ4v) is 10.7. The van der Waals surface area contributed by atoms with Crippen molar-refractivity contribution in [2.45, 2.75) is 186 Å². The van der Waals surface area contributed by atoms with E-state index in [1.807, 2.05) is 20.8 Å². The van der Waals surface area contributed by atoms with Crippen LogP contribution < -0.4 is 31.7 Å². The van der Waals surface area contributed by atoms with Crippen molar-refractivity contribution >= 4 is 59.4 Å². The summed E-state index contributed by atoms with van der Waals surface area (Å²) in [4.78, 5) is 121. The maximum absolute atomic E-state index is 13.8. The molecule has 0 aliphatic carbocycles. The first-order chi connectivity index (χ1) is 42.5. The number of ether oxygens (including phenoxy) is 4. The standard InChI is InChI=1S/C64H97N9O17/c1-10-48(75)43(6)57-49(88-57)39-63(7,85)28-14-16-41(4)56-42(5)19-24-50(64(8,86)29-27-45(74)38-54(79)90-56)89-62(84)72-36-34-71(35-37-72)33-32-70(9)61(83)87-46-22-20-44(21-23-46)67-58(80)47(17-15-30-66-60(65)82)68-59(81)55(40(2)3)69-51(76)18-12-11-13-31-73-52(77)25-26-53(73)78/h14,16,19-26,28,40,42-43,45,47-50,55-57,74-75,85-86H,10-13,15,17-18,27,29-39H2,1-9H3,(H,67,80)(H,68,81)(H,69,76)(H3,65,66,82)/b24-19+,28-14+,41-16+/t42-,43+,45+,47-,48-,49+,50-,55-,56+,57+,63-,64+/m0/s1. The summed E-state index contributed by atoms with van der Waals surface area (Å²) in [5.74, 6) is -3.67. The van der Waals surface area contributed by atoms with Crippen LogP contribution >= 0.6 is 0 Å². The number of cyclic esters (lactones) is 1. The van der Waals surface area contributed by atoms with Gasteiger partial charge in [0.05, 0.1) is 36.4 Å². The highest BCUT2D eigenvalue weighted by Gasteiger charge is 2.47. The predicted molar refractivity (Wildman–Crippen MR) is 333 cm³/mol. The lowest BCUT2D eigenvalue weighted by molar-refractivity contribution is -0.151. The molecule has 4 aliphatic heterocycles. The van der Waals surface area contributed by atoms with Crippen LogP contribution in [0.3, 0.4) is 0 Å². The van der Waals surface area contributed by atoms with Crippen molar-refractivity contribution in [2.24, 2.45) is 23.5 Å². The predicted octanol–water partition coefficient (Wildman–Crippen LogP) is 3.96. The molecule has 0 radical (unpaired) electrons. The highest BCUT2D eigenvalue weighted by Crippen LogP contribution is 2.38. The number of aliphatic hydroxyl groups is 4. The molecule has 0 bridgehead atoms. The second kappa shape index (κ2) is 34.8. The van der Waals surface area contributed by atoms with Crippen molar-refractivity contribution in [1.29, 1.82) is 0 Å². The topological polar surface area (TPSA) is 362 Å². The fourth-order valence-electron chi connectivity index (χ4n) is 10.7. The number of nitrogens with one attached hydrogen (secondary N) is 4. The number of hydrogen-bond acceptors (Lipinski definition) is 18. The molecule has 9 amide bonds. The van der Waals surface area contributed by atoms with Gasteiger partial charge in [0.25, 0.3) is 11.8 Å². The number of carbonyl (C=O) groups excluding carboxylic acids is 9. The smallest absolute Gasteiger partial charge is 0.415 e. The van der Waals surface area contributed by atoms with Gasteiger partial charge in [-0.05, 0) is 108 Å². The van der Waals surface area contributed by atoms with Crippen molar-refractivity contribution in [3.05, 3.63) is 72.4 Å². The van der Waals surface area contributed by atoms with Crippen LogP contribution in [0.15, 0.2) is 72.4 Å². The summed E-state index contributed by atoms with van der Waals surface area (Å²) in [6, 6.07) is 3.17. The average Bonchev–Trinajstić information content (AvgIpc) is 3.65. The lowest BCUT2D eigenvalue weighted by atomic mass is 9.88. The van der Waals surface area contributed by atoms with Crippen LogP contribution in [-0.2, 0) is 43.0 Å². The molecule has 1 aromatic rings. The maximum atomic E-state index is 13.8. The van der Waals surface area contributed by atoms with Crippen LogP contribution in [0, 0.1) is 17.8 Å². The van der Waals surface area contributed by atoms with E-state index in [0.29, 0.717) is 63.0 Å². The number of piperazine rings is 1. The molecule has 1 aromatic carbocycles. The van der Waals surface area contributed by atoms with Gasteiger partial charge in [0.1, 0.15) is 29.5 Å². The van der Waals surface area contributed by atoms with E-state index in [4.69, 9.17) is 24.7 Å². The molecular weight excluding hydrogens is 1170 g/mol. The number of benzene rings is 1. The first kappa shape index (κ1) is 73.5. The second-order valence-electron chi connectivity index (χ2n) is 24.9. The molecule has 12 atom stereocenters. The van der Waals surface area contributed by atoms with Crippen molar-refractivity contribution in [2.75, 3.05) is 64.7 Å². The molecule has 10 N–H and O–H groups in total. The molecule has 26 nitrogen and oxygen atoms in total. The zero-order valence-electron chi connectivity index (χ0n) is 53.6. The number of carbonyl (C=O) groups is 9. The Balaban J connectivity index is 1.09. The van der Waals surface area contributed by atoms with Crippen LogP contribution in [0.5, 0.6) is 5.75 Å². The van der Waals surface area contributed by atoms with Crippen molar-refractivity contribution in [1.82, 2.24) is 35.6 Å². The van der Waals surface area contributed by atoms with Crippen LogP contribution in [0.4, 0.5) is 20.1 Å². The number of anilines is 1. The van der Waals surface area contributed by atoms with Gasteiger partial charge in [0.15, 0.2) is 6.10 Å². The molecule has 2 fully saturated rings. The Kier molecular flexibility index (Phi) is 28.4. The highest BCUT2D eigenvalue weighted by atomic mass is 16.6. The number of esters is 1. The number of epoxide rings is 1. The second-order valence-corrected chi connectivity index (χ2v) is 24.9. The van der Waals surface area contributed by atoms with Crippen molar-refractivity contribution in [3.63, 3.8) is 0 Å². The van der Waals surface area contributed by atoms with Gasteiger partial charge in [-0.1, -0.05) is 65.3 Å². The number of hydrogen-bond donors (Lipinski definition) is 9. The van der Waals surface area contributed by atoms with Gasteiger partial charge in [-0.2, -0.15) is 0 Å². The zero-order valence-corrected chi connectivity index (χ0v) is 53.6. The van der Waals surface area contributed by atoms with Crippen LogP contribution in [-0.4, -0.2) is 213 Å². The van der Waals surface area contributed by atoms with Crippen LogP contribution in [0.25, 0.3) is 0 Å². The molecular formula is C64H97N9O17. The van der Waals surface area contributed by atoms with Gasteiger partial charge < -0.3 is 76.2 Å². The molecule has 90 heavy (non-hydrogen) atoms. The Labute approximate surface area is 527 Å². The first-order valence-corrected chi connectivity index (χ1v) is 31.4. The number of nitrogens with zero attached hydrogens (tertiary/aromatic N) is 4. The molecule has 0 unspecified atom stereocenters. The highest BCUT2D eigenvalue weighted by molar-refractivity contribution is 6.12. The molecule has 2 saturated heterocycles. The normalized spacial score (nSPS) is 25.0. The quantitative estimate of drug-likeness (QED) is 0.0137. The summed E-state index contributed by atoms with van der Waals surface area (Å²) in [5.41, 5.74) is 3.31. The monoisotopic (exact) mass is 1260 g/mol. The van der Waals surface area contributed by atoms with Crippen LogP contribution in [0.2, 0.25) is 0 Å². The Bertz CT molecular complexity index is 2730. The van der Waals surface area contributed by atoms with E-state index in [-0.39, 0.29) is 119 Å². The van der Waals surface area contributed by atoms with E-state index in [2.05, 4.69) is 26.2 Å². The van der Waals surface area contributed by atoms with Gasteiger partial charge in [-0.25, -0.2) is 14.4 Å².